The number of fused-ring (bicyclic) bond motifs is 1. The molecule has 0 radical (unpaired) electrons. The van der Waals surface area contributed by atoms with Crippen LogP contribution in [0.25, 0.3) is 0 Å². The fraction of sp³-hybridized carbons (Fsp3) is 0.821. The van der Waals surface area contributed by atoms with E-state index in [4.69, 9.17) is 0 Å². The molecule has 1 unspecified atom stereocenters. The van der Waals surface area contributed by atoms with Crippen molar-refractivity contribution in [3.05, 3.63) is 23.8 Å². The zero-order valence-corrected chi connectivity index (χ0v) is 21.3. The van der Waals surface area contributed by atoms with Gasteiger partial charge in [-0.05, 0) is 93.1 Å². The molecule has 8 atom stereocenters. The van der Waals surface area contributed by atoms with Gasteiger partial charge in [-0.15, -0.1) is 0 Å². The first kappa shape index (κ1) is 26.6. The Labute approximate surface area is 200 Å². The molecule has 2 fully saturated rings. The normalized spacial score (nSPS) is 41.0. The highest BCUT2D eigenvalue weighted by atomic mass is 16.3. The van der Waals surface area contributed by atoms with Crippen LogP contribution in [0, 0.1) is 34.5 Å². The highest BCUT2D eigenvalue weighted by Gasteiger charge is 2.58. The number of rotatable bonds is 8. The Hall–Kier alpha value is -1.01. The smallest absolute Gasteiger partial charge is 0.165 e. The number of Topliss-reactive ketones (excluding diaryl/α,β-unsaturated/α-hetero) is 1. The molecular formula is C28H46O5. The Kier molecular flexibility index (Phi) is 7.71. The van der Waals surface area contributed by atoms with Gasteiger partial charge in [0.1, 0.15) is 0 Å². The van der Waals surface area contributed by atoms with Gasteiger partial charge in [-0.3, -0.25) is 4.79 Å². The van der Waals surface area contributed by atoms with Gasteiger partial charge in [-0.1, -0.05) is 39.8 Å². The third-order valence-electron chi connectivity index (χ3n) is 9.77. The third kappa shape index (κ3) is 4.76. The maximum Gasteiger partial charge on any atom is 0.165 e. The second-order valence-electron chi connectivity index (χ2n) is 12.2. The van der Waals surface area contributed by atoms with E-state index in [9.17, 15) is 25.2 Å². The summed E-state index contributed by atoms with van der Waals surface area (Å²) in [6.07, 6.45) is 5.52. The Morgan fingerprint density at radius 2 is 1.91 bits per heavy atom. The van der Waals surface area contributed by atoms with Gasteiger partial charge >= 0.3 is 0 Å². The Balaban J connectivity index is 1.91. The number of hydrogen-bond donors (Lipinski definition) is 4. The molecule has 0 aromatic rings. The van der Waals surface area contributed by atoms with Gasteiger partial charge in [-0.2, -0.15) is 0 Å². The zero-order valence-electron chi connectivity index (χ0n) is 21.3. The molecule has 2 saturated carbocycles. The minimum atomic E-state index is -0.936. The number of hydrogen-bond acceptors (Lipinski definition) is 5. The predicted octanol–water partition coefficient (Wildman–Crippen LogP) is 4.18. The monoisotopic (exact) mass is 462 g/mol. The second kappa shape index (κ2) is 9.56. The van der Waals surface area contributed by atoms with E-state index in [0.717, 1.165) is 24.8 Å². The second-order valence-corrected chi connectivity index (χ2v) is 12.2. The minimum absolute atomic E-state index is 0.00556. The maximum atomic E-state index is 13.9. The van der Waals surface area contributed by atoms with Crippen molar-refractivity contribution in [1.29, 1.82) is 0 Å². The Morgan fingerprint density at radius 1 is 1.24 bits per heavy atom. The van der Waals surface area contributed by atoms with Crippen LogP contribution in [0.4, 0.5) is 0 Å². The first-order valence-corrected chi connectivity index (χ1v) is 12.9. The lowest BCUT2D eigenvalue weighted by atomic mass is 9.55. The van der Waals surface area contributed by atoms with E-state index in [1.807, 2.05) is 13.8 Å². The van der Waals surface area contributed by atoms with Crippen LogP contribution in [0.3, 0.4) is 0 Å². The van der Waals surface area contributed by atoms with Gasteiger partial charge in [-0.25, -0.2) is 0 Å². The first-order chi connectivity index (χ1) is 15.3. The molecule has 0 aliphatic heterocycles. The van der Waals surface area contributed by atoms with Crippen LogP contribution in [0.2, 0.25) is 0 Å². The molecule has 0 saturated heterocycles. The summed E-state index contributed by atoms with van der Waals surface area (Å²) in [7, 11) is 0. The van der Waals surface area contributed by atoms with Crippen LogP contribution >= 0.6 is 0 Å². The minimum Gasteiger partial charge on any atom is -0.396 e. The lowest BCUT2D eigenvalue weighted by Gasteiger charge is -2.50. The standard InChI is InChI=1S/C28H46O5/c1-17(2)18(3)9-12-28(6,33)24-8-7-21(26(24,4)13-14-29)20-16-23(31)22-15-19(30)10-11-27(22,5)25(20)32/h16-17,19,21-24,29-31,33H,3,7-15H2,1-2,4-6H3/t19-,21-,22+,23-,24-,26-,27-,28?/m0/s1. The molecule has 3 aliphatic carbocycles. The van der Waals surface area contributed by atoms with E-state index in [1.54, 1.807) is 6.08 Å². The molecule has 4 N–H and O–H groups in total. The molecule has 0 spiro atoms. The highest BCUT2D eigenvalue weighted by Crippen LogP contribution is 2.60. The first-order valence-electron chi connectivity index (χ1n) is 12.9. The molecule has 188 valence electrons. The molecular weight excluding hydrogens is 416 g/mol. The van der Waals surface area contributed by atoms with E-state index in [2.05, 4.69) is 27.4 Å². The summed E-state index contributed by atoms with van der Waals surface area (Å²) in [6, 6.07) is 0. The molecule has 0 aromatic carbocycles. The average Bonchev–Trinajstić information content (AvgIpc) is 3.08. The molecule has 5 heteroatoms. The van der Waals surface area contributed by atoms with Gasteiger partial charge in [0.2, 0.25) is 0 Å². The van der Waals surface area contributed by atoms with Crippen molar-refractivity contribution in [2.45, 2.75) is 104 Å². The molecule has 5 nitrogen and oxygen atoms in total. The summed E-state index contributed by atoms with van der Waals surface area (Å²) in [6.45, 7) is 14.3. The topological polar surface area (TPSA) is 98.0 Å². The SMILES string of the molecule is C=C(CCC(C)(O)[C@H]1CC[C@@H](C2=C[C@H](O)[C@H]3C[C@@H](O)CC[C@]3(C)C2=O)[C@]1(C)CCO)C(C)C. The van der Waals surface area contributed by atoms with Gasteiger partial charge in [0.25, 0.3) is 0 Å². The van der Waals surface area contributed by atoms with Crippen molar-refractivity contribution in [3.63, 3.8) is 0 Å². The third-order valence-corrected chi connectivity index (χ3v) is 9.77. The lowest BCUT2D eigenvalue weighted by molar-refractivity contribution is -0.138. The van der Waals surface area contributed by atoms with Crippen LogP contribution in [0.5, 0.6) is 0 Å². The van der Waals surface area contributed by atoms with Crippen molar-refractivity contribution in [2.24, 2.45) is 34.5 Å². The van der Waals surface area contributed by atoms with E-state index in [1.165, 1.54) is 0 Å². The number of ketones is 1. The number of aliphatic hydroxyl groups excluding tert-OH is 3. The molecule has 0 heterocycles. The summed E-state index contributed by atoms with van der Waals surface area (Å²) in [5, 5.41) is 42.7. The van der Waals surface area contributed by atoms with Crippen LogP contribution in [-0.4, -0.2) is 50.6 Å². The van der Waals surface area contributed by atoms with Crippen molar-refractivity contribution >= 4 is 5.78 Å². The van der Waals surface area contributed by atoms with Crippen molar-refractivity contribution < 1.29 is 25.2 Å². The number of allylic oxidation sites excluding steroid dienone is 2. The largest absolute Gasteiger partial charge is 0.396 e. The number of carbonyl (C=O) groups excluding carboxylic acids is 1. The quantitative estimate of drug-likeness (QED) is 0.406. The Morgan fingerprint density at radius 3 is 2.52 bits per heavy atom. The van der Waals surface area contributed by atoms with Gasteiger partial charge in [0.05, 0.1) is 17.8 Å². The fourth-order valence-electron chi connectivity index (χ4n) is 7.33. The summed E-state index contributed by atoms with van der Waals surface area (Å²) >= 11 is 0. The summed E-state index contributed by atoms with van der Waals surface area (Å²) < 4.78 is 0. The zero-order chi connectivity index (χ0) is 24.8. The molecule has 3 rings (SSSR count). The van der Waals surface area contributed by atoms with E-state index < -0.39 is 28.6 Å². The summed E-state index contributed by atoms with van der Waals surface area (Å²) in [5.41, 5.74) is -0.248. The van der Waals surface area contributed by atoms with Crippen molar-refractivity contribution in [3.8, 4) is 0 Å². The van der Waals surface area contributed by atoms with E-state index in [0.29, 0.717) is 43.6 Å². The van der Waals surface area contributed by atoms with Gasteiger partial charge in [0.15, 0.2) is 5.78 Å². The lowest BCUT2D eigenvalue weighted by Crippen LogP contribution is -2.52. The van der Waals surface area contributed by atoms with Crippen LogP contribution in [0.1, 0.15) is 86.0 Å². The van der Waals surface area contributed by atoms with Crippen molar-refractivity contribution in [1.82, 2.24) is 0 Å². The molecule has 33 heavy (non-hydrogen) atoms. The fourth-order valence-corrected chi connectivity index (χ4v) is 7.33. The highest BCUT2D eigenvalue weighted by molar-refractivity contribution is 6.01. The van der Waals surface area contributed by atoms with Crippen LogP contribution < -0.4 is 0 Å². The van der Waals surface area contributed by atoms with Crippen LogP contribution in [0.15, 0.2) is 23.8 Å². The predicted molar refractivity (Wildman–Crippen MR) is 130 cm³/mol. The number of aliphatic hydroxyl groups is 4. The summed E-state index contributed by atoms with van der Waals surface area (Å²) in [5.74, 6) is 0.0271. The molecule has 0 bridgehead atoms. The van der Waals surface area contributed by atoms with Crippen LogP contribution in [-0.2, 0) is 4.79 Å². The molecule has 0 amide bonds. The molecule has 0 aromatic heterocycles. The van der Waals surface area contributed by atoms with E-state index >= 15 is 0 Å². The van der Waals surface area contributed by atoms with Gasteiger partial charge < -0.3 is 20.4 Å². The summed E-state index contributed by atoms with van der Waals surface area (Å²) in [4.78, 5) is 13.9. The van der Waals surface area contributed by atoms with Gasteiger partial charge in [0, 0.05) is 17.9 Å². The number of carbonyl (C=O) groups is 1. The average molecular weight is 463 g/mol. The van der Waals surface area contributed by atoms with E-state index in [-0.39, 0.29) is 30.1 Å². The molecule has 3 aliphatic rings. The van der Waals surface area contributed by atoms with Crippen molar-refractivity contribution in [2.75, 3.05) is 6.61 Å². The Bertz CT molecular complexity index is 783. The maximum absolute atomic E-state index is 13.9.